The molecule has 210 valence electrons. The molecule has 8 aromatic carbocycles. The van der Waals surface area contributed by atoms with Gasteiger partial charge in [-0.2, -0.15) is 0 Å². The van der Waals surface area contributed by atoms with Crippen LogP contribution < -0.4 is 0 Å². The summed E-state index contributed by atoms with van der Waals surface area (Å²) in [7, 11) is 0. The number of furan rings is 1. The van der Waals surface area contributed by atoms with Gasteiger partial charge in [-0.25, -0.2) is 0 Å². The number of benzene rings is 8. The quantitative estimate of drug-likeness (QED) is 0.183. The molecule has 0 unspecified atom stereocenters. The van der Waals surface area contributed by atoms with Crippen molar-refractivity contribution in [2.75, 3.05) is 0 Å². The first kappa shape index (κ1) is 10.1. The predicted molar refractivity (Wildman–Crippen MR) is 190 cm³/mol. The molecular formula is C44H28O. The van der Waals surface area contributed by atoms with Crippen LogP contribution in [0.1, 0.15) is 38.4 Å². The molecule has 0 bridgehead atoms. The molecule has 0 spiro atoms. The maximum atomic E-state index is 9.89. The van der Waals surface area contributed by atoms with Gasteiger partial charge in [-0.1, -0.05) is 151 Å². The number of para-hydroxylation sites is 1. The fraction of sp³-hybridized carbons (Fsp3) is 0. The second kappa shape index (κ2) is 10.4. The predicted octanol–water partition coefficient (Wildman–Crippen LogP) is 12.6. The van der Waals surface area contributed by atoms with Crippen molar-refractivity contribution < 1.29 is 42.8 Å². The minimum Gasteiger partial charge on any atom is -0.455 e. The van der Waals surface area contributed by atoms with Crippen molar-refractivity contribution in [2.45, 2.75) is 0 Å². The molecule has 1 nitrogen and oxygen atoms in total. The molecule has 0 atom stereocenters. The van der Waals surface area contributed by atoms with Crippen LogP contribution in [0, 0.1) is 0 Å². The fourth-order valence-corrected chi connectivity index (χ4v) is 5.19. The average Bonchev–Trinajstić information content (AvgIpc) is 3.76. The van der Waals surface area contributed by atoms with Crippen LogP contribution in [0.15, 0.2) is 174 Å². The van der Waals surface area contributed by atoms with E-state index in [0.29, 0.717) is 0 Å². The van der Waals surface area contributed by atoms with Crippen molar-refractivity contribution >= 4 is 43.5 Å². The van der Waals surface area contributed by atoms with E-state index in [1.807, 2.05) is 0 Å². The molecule has 1 heteroatoms. The molecule has 0 aliphatic rings. The molecular weight excluding hydrogens is 544 g/mol. The molecule has 0 aliphatic heterocycles. The second-order valence-corrected chi connectivity index (χ2v) is 9.51. The lowest BCUT2D eigenvalue weighted by molar-refractivity contribution is 0.670. The number of hydrogen-bond acceptors (Lipinski definition) is 1. The lowest BCUT2D eigenvalue weighted by Gasteiger charge is -2.18. The van der Waals surface area contributed by atoms with Gasteiger partial charge < -0.3 is 4.42 Å². The third-order valence-corrected chi connectivity index (χ3v) is 7.06. The van der Waals surface area contributed by atoms with Gasteiger partial charge in [0.2, 0.25) is 0 Å². The highest BCUT2D eigenvalue weighted by Gasteiger charge is 2.18. The van der Waals surface area contributed by atoms with E-state index in [2.05, 4.69) is 0 Å². The Labute approximate surface area is 301 Å². The summed E-state index contributed by atoms with van der Waals surface area (Å²) in [5.74, 6) is 0. The summed E-state index contributed by atoms with van der Waals surface area (Å²) in [4.78, 5) is 0. The Morgan fingerprint density at radius 3 is 1.51 bits per heavy atom. The molecule has 45 heavy (non-hydrogen) atoms. The smallest absolute Gasteiger partial charge is 0.143 e. The fourth-order valence-electron chi connectivity index (χ4n) is 5.19. The standard InChI is InChI=1S/C44H28O/c1-3-13-29(14-4-1)31-25-26-41-40(28-31)39-24-12-23-34(44(39)45-41)32-17-11-18-33(27-32)43-37-21-9-7-19-35(37)42(30-15-5-2-6-16-30)36-20-8-10-22-38(36)43/h1-28H/i1D,2D,3D,4D,5D,6D,7D,8D,9D,10D,11D,12D,13D,14D,15D,16D,17D,18D,19D,20D,21D,22D,23D,24D,25D,26D,27D,28D. The minimum absolute atomic E-state index is 0.550. The molecule has 0 aliphatic carbocycles. The SMILES string of the molecule is [2H]c1c([2H])c([2H])c(-c2c([2H])c([2H])c3oc4c(-c5c([2H])c([2H])c([2H])c(-c6c7c([2H])c([2H])c([2H])c([2H])c7c(-c7c([2H])c([2H])c([2H])c([2H])c7[2H])c7c([2H])c([2H])c([2H])c([2H])c67)c5[2H])c([2H])c([2H])c([2H])c4c3c2[2H])c([2H])c1[2H]. The molecule has 0 N–H and O–H groups in total. The first-order valence-corrected chi connectivity index (χ1v) is 13.2. The largest absolute Gasteiger partial charge is 0.455 e. The highest BCUT2D eigenvalue weighted by molar-refractivity contribution is 6.21. The summed E-state index contributed by atoms with van der Waals surface area (Å²) in [5, 5.41) is -4.08. The van der Waals surface area contributed by atoms with E-state index in [9.17, 15) is 12.3 Å². The summed E-state index contributed by atoms with van der Waals surface area (Å²) < 4.78 is 255. The Balaban J connectivity index is 1.54. The number of rotatable bonds is 4. The molecule has 0 radical (unpaired) electrons. The van der Waals surface area contributed by atoms with E-state index in [1.165, 1.54) is 0 Å². The van der Waals surface area contributed by atoms with Crippen LogP contribution in [0.4, 0.5) is 0 Å². The van der Waals surface area contributed by atoms with Gasteiger partial charge in [-0.05, 0) is 78.6 Å². The third kappa shape index (κ3) is 4.17. The molecule has 0 saturated carbocycles. The molecule has 9 aromatic rings. The van der Waals surface area contributed by atoms with Gasteiger partial charge in [0, 0.05) is 16.3 Å². The van der Waals surface area contributed by atoms with Crippen LogP contribution >= 0.6 is 0 Å². The van der Waals surface area contributed by atoms with Crippen LogP contribution in [0.3, 0.4) is 0 Å². The molecule has 1 heterocycles. The van der Waals surface area contributed by atoms with Crippen LogP contribution in [0.25, 0.3) is 88.0 Å². The van der Waals surface area contributed by atoms with E-state index < -0.39 is 257 Å². The van der Waals surface area contributed by atoms with Gasteiger partial charge in [0.1, 0.15) is 11.2 Å². The van der Waals surface area contributed by atoms with Crippen LogP contribution in [0.2, 0.25) is 0 Å². The third-order valence-electron chi connectivity index (χ3n) is 7.06. The Morgan fingerprint density at radius 2 is 0.844 bits per heavy atom. The normalized spacial score (nSPS) is 20.3. The molecule has 1 aromatic heterocycles. The Hall–Kier alpha value is -5.92. The zero-order chi connectivity index (χ0) is 54.1. The lowest BCUT2D eigenvalue weighted by Crippen LogP contribution is -1.91. The first-order valence-electron chi connectivity index (χ1n) is 27.2. The average molecular weight is 601 g/mol. The maximum absolute atomic E-state index is 9.89. The van der Waals surface area contributed by atoms with Crippen molar-refractivity contribution in [2.24, 2.45) is 0 Å². The molecule has 0 fully saturated rings. The Bertz CT molecular complexity index is 3980. The van der Waals surface area contributed by atoms with Crippen molar-refractivity contribution in [1.29, 1.82) is 0 Å². The van der Waals surface area contributed by atoms with Gasteiger partial charge in [0.05, 0.1) is 38.4 Å². The van der Waals surface area contributed by atoms with Crippen LogP contribution in [-0.4, -0.2) is 0 Å². The Kier molecular flexibility index (Phi) is 2.32. The Morgan fingerprint density at radius 1 is 0.333 bits per heavy atom. The topological polar surface area (TPSA) is 13.1 Å². The van der Waals surface area contributed by atoms with Crippen molar-refractivity contribution in [3.05, 3.63) is 169 Å². The zero-order valence-electron chi connectivity index (χ0n) is 50.4. The summed E-state index contributed by atoms with van der Waals surface area (Å²) >= 11 is 0. The maximum Gasteiger partial charge on any atom is 0.143 e. The van der Waals surface area contributed by atoms with E-state index >= 15 is 0 Å². The van der Waals surface area contributed by atoms with E-state index in [0.717, 1.165) is 0 Å². The highest BCUT2D eigenvalue weighted by Crippen LogP contribution is 2.45. The lowest BCUT2D eigenvalue weighted by atomic mass is 9.85. The van der Waals surface area contributed by atoms with Crippen molar-refractivity contribution in [3.63, 3.8) is 0 Å². The second-order valence-electron chi connectivity index (χ2n) is 9.51. The van der Waals surface area contributed by atoms with Crippen LogP contribution in [-0.2, 0) is 0 Å². The summed E-state index contributed by atoms with van der Waals surface area (Å²) in [5.41, 5.74) is -7.52. The highest BCUT2D eigenvalue weighted by atomic mass is 16.3. The number of hydrogen-bond donors (Lipinski definition) is 0. The first-order chi connectivity index (χ1) is 34.0. The van der Waals surface area contributed by atoms with E-state index in [-0.39, 0.29) is 0 Å². The van der Waals surface area contributed by atoms with Gasteiger partial charge in [0.25, 0.3) is 0 Å². The summed E-state index contributed by atoms with van der Waals surface area (Å²) in [6.07, 6.45) is 0. The van der Waals surface area contributed by atoms with Gasteiger partial charge in [-0.15, -0.1) is 0 Å². The summed E-state index contributed by atoms with van der Waals surface area (Å²) in [6.45, 7) is 0. The molecule has 0 saturated heterocycles. The van der Waals surface area contributed by atoms with Crippen molar-refractivity contribution in [3.8, 4) is 44.5 Å². The van der Waals surface area contributed by atoms with E-state index in [1.54, 1.807) is 0 Å². The summed E-state index contributed by atoms with van der Waals surface area (Å²) in [6, 6.07) is -26.6. The monoisotopic (exact) mass is 600 g/mol. The van der Waals surface area contributed by atoms with Gasteiger partial charge >= 0.3 is 0 Å². The van der Waals surface area contributed by atoms with Gasteiger partial charge in [0.15, 0.2) is 0 Å². The van der Waals surface area contributed by atoms with Crippen molar-refractivity contribution in [1.82, 2.24) is 0 Å². The zero-order valence-corrected chi connectivity index (χ0v) is 22.4. The van der Waals surface area contributed by atoms with E-state index in [4.69, 9.17) is 30.5 Å². The molecule has 0 amide bonds. The molecule has 9 rings (SSSR count). The van der Waals surface area contributed by atoms with Gasteiger partial charge in [-0.3, -0.25) is 0 Å². The minimum atomic E-state index is -1.09. The van der Waals surface area contributed by atoms with Crippen LogP contribution in [0.5, 0.6) is 0 Å². The number of fused-ring (bicyclic) bond motifs is 5.